The molecule has 3 unspecified atom stereocenters. The number of benzene rings is 2. The molecule has 3 N–H and O–H groups in total. The van der Waals surface area contributed by atoms with Crippen LogP contribution >= 0.6 is 9.24 Å². The monoisotopic (exact) mass is 517 g/mol. The fraction of sp³-hybridized carbons (Fsp3) is 0.296. The molecule has 0 saturated carbocycles. The molecule has 192 valence electrons. The average molecular weight is 518 g/mol. The van der Waals surface area contributed by atoms with Crippen LogP contribution in [0.5, 0.6) is 5.75 Å². The number of hydrogen-bond donors (Lipinski definition) is 2. The lowest BCUT2D eigenvalue weighted by Gasteiger charge is -2.27. The number of aliphatic hydroxyl groups excluding tert-OH is 1. The molecule has 0 aliphatic carbocycles. The van der Waals surface area contributed by atoms with Crippen molar-refractivity contribution >= 4 is 20.6 Å². The number of aliphatic hydroxyl groups is 1. The maximum absolute atomic E-state index is 15.5. The van der Waals surface area contributed by atoms with Gasteiger partial charge in [0.05, 0.1) is 12.3 Å². The molecule has 0 bridgehead atoms. The van der Waals surface area contributed by atoms with E-state index >= 15 is 8.78 Å². The maximum atomic E-state index is 15.5. The summed E-state index contributed by atoms with van der Waals surface area (Å²) >= 11 is 0. The zero-order chi connectivity index (χ0) is 26.6. The molecule has 0 saturated heterocycles. The molecular formula is C27H31F3N3O2P. The van der Waals surface area contributed by atoms with Gasteiger partial charge in [-0.1, -0.05) is 53.9 Å². The molecule has 0 fully saturated rings. The molecule has 0 aromatic heterocycles. The average Bonchev–Trinajstić information content (AvgIpc) is 2.82. The first-order chi connectivity index (χ1) is 16.9. The molecule has 1 aliphatic heterocycles. The van der Waals surface area contributed by atoms with Gasteiger partial charge in [-0.25, -0.2) is 18.2 Å². The summed E-state index contributed by atoms with van der Waals surface area (Å²) in [5.41, 5.74) is 8.06. The molecule has 36 heavy (non-hydrogen) atoms. The van der Waals surface area contributed by atoms with Gasteiger partial charge in [0.1, 0.15) is 17.8 Å². The van der Waals surface area contributed by atoms with Gasteiger partial charge in [-0.05, 0) is 47.9 Å². The smallest absolute Gasteiger partial charge is 0.173 e. The lowest BCUT2D eigenvalue weighted by molar-refractivity contribution is 0.0385. The topological polar surface area (TPSA) is 71.1 Å². The first-order valence-electron chi connectivity index (χ1n) is 11.5. The van der Waals surface area contributed by atoms with E-state index in [-0.39, 0.29) is 35.8 Å². The quantitative estimate of drug-likeness (QED) is 0.244. The fourth-order valence-corrected chi connectivity index (χ4v) is 3.78. The molecule has 5 nitrogen and oxygen atoms in total. The number of allylic oxidation sites excluding steroid dienone is 3. The number of hydrazone groups is 1. The van der Waals surface area contributed by atoms with Gasteiger partial charge >= 0.3 is 0 Å². The van der Waals surface area contributed by atoms with Gasteiger partial charge in [0.25, 0.3) is 0 Å². The lowest BCUT2D eigenvalue weighted by atomic mass is 10.00. The Morgan fingerprint density at radius 2 is 1.89 bits per heavy atom. The highest BCUT2D eigenvalue weighted by atomic mass is 31.0. The third kappa shape index (κ3) is 6.37. The second kappa shape index (κ2) is 11.3. The van der Waals surface area contributed by atoms with Crippen molar-refractivity contribution in [1.29, 1.82) is 0 Å². The Balaban J connectivity index is 1.73. The Morgan fingerprint density at radius 1 is 1.22 bits per heavy atom. The SMILES string of the molecule is C=C1C=C(c2ccc(C)c(OCCC(F)(P)C(O)c3ccc(F)cc3)c2F)C=CN1/N=C(/N)C(C)C. The predicted molar refractivity (Wildman–Crippen MR) is 141 cm³/mol. The Morgan fingerprint density at radius 3 is 2.50 bits per heavy atom. The maximum Gasteiger partial charge on any atom is 0.173 e. The first-order valence-corrected chi connectivity index (χ1v) is 12.0. The second-order valence-electron chi connectivity index (χ2n) is 8.98. The van der Waals surface area contributed by atoms with Crippen molar-refractivity contribution in [2.75, 3.05) is 6.61 Å². The van der Waals surface area contributed by atoms with Crippen molar-refractivity contribution in [3.05, 3.63) is 95.4 Å². The van der Waals surface area contributed by atoms with Gasteiger partial charge in [0, 0.05) is 24.1 Å². The normalized spacial score (nSPS) is 16.7. The fourth-order valence-electron chi connectivity index (χ4n) is 3.47. The standard InChI is InChI=1S/C27H31F3N3O2P/c1-16(2)26(31)32-33-13-11-20(15-18(33)4)22-10-5-17(3)24(23(22)29)35-14-12-27(30,36)25(34)19-6-8-21(28)9-7-19/h5-11,13,15-16,25,34H,4,12,14,36H2,1-3H3,(H2,31,32). The minimum atomic E-state index is -2.16. The molecule has 1 aliphatic rings. The largest absolute Gasteiger partial charge is 0.490 e. The zero-order valence-corrected chi connectivity index (χ0v) is 21.7. The molecule has 2 aromatic carbocycles. The van der Waals surface area contributed by atoms with Gasteiger partial charge < -0.3 is 15.6 Å². The van der Waals surface area contributed by atoms with E-state index in [0.29, 0.717) is 22.7 Å². The number of hydrogen-bond acceptors (Lipinski definition) is 4. The summed E-state index contributed by atoms with van der Waals surface area (Å²) in [7, 11) is 1.97. The van der Waals surface area contributed by atoms with Crippen LogP contribution in [0.15, 0.2) is 72.1 Å². The third-order valence-electron chi connectivity index (χ3n) is 5.80. The first kappa shape index (κ1) is 27.5. The number of aryl methyl sites for hydroxylation is 1. The van der Waals surface area contributed by atoms with Crippen LogP contribution in [0.25, 0.3) is 5.57 Å². The highest BCUT2D eigenvalue weighted by molar-refractivity contribution is 7.18. The van der Waals surface area contributed by atoms with Crippen molar-refractivity contribution in [3.63, 3.8) is 0 Å². The lowest BCUT2D eigenvalue weighted by Crippen LogP contribution is -2.27. The molecule has 2 aromatic rings. The highest BCUT2D eigenvalue weighted by Crippen LogP contribution is 2.39. The van der Waals surface area contributed by atoms with Crippen molar-refractivity contribution in [1.82, 2.24) is 5.01 Å². The van der Waals surface area contributed by atoms with Crippen LogP contribution in [0.3, 0.4) is 0 Å². The molecule has 9 heteroatoms. The summed E-state index contributed by atoms with van der Waals surface area (Å²) in [4.78, 5) is 0. The summed E-state index contributed by atoms with van der Waals surface area (Å²) < 4.78 is 49.4. The van der Waals surface area contributed by atoms with Gasteiger partial charge in [-0.15, -0.1) is 0 Å². The Hall–Kier alpha value is -3.09. The Bertz CT molecular complexity index is 1210. The van der Waals surface area contributed by atoms with Crippen LogP contribution in [0.1, 0.15) is 43.1 Å². The predicted octanol–water partition coefficient (Wildman–Crippen LogP) is 5.97. The van der Waals surface area contributed by atoms with Crippen molar-refractivity contribution < 1.29 is 23.0 Å². The third-order valence-corrected chi connectivity index (χ3v) is 6.41. The molecule has 0 spiro atoms. The number of ether oxygens (including phenoxy) is 1. The second-order valence-corrected chi connectivity index (χ2v) is 9.94. The zero-order valence-electron chi connectivity index (χ0n) is 20.5. The molecular weight excluding hydrogens is 486 g/mol. The van der Waals surface area contributed by atoms with E-state index < -0.39 is 23.1 Å². The van der Waals surface area contributed by atoms with Crippen molar-refractivity contribution in [2.24, 2.45) is 16.8 Å². The minimum absolute atomic E-state index is 0.00557. The van der Waals surface area contributed by atoms with Crippen LogP contribution < -0.4 is 10.5 Å². The van der Waals surface area contributed by atoms with Crippen LogP contribution in [-0.2, 0) is 0 Å². The van der Waals surface area contributed by atoms with E-state index in [1.54, 1.807) is 37.4 Å². The van der Waals surface area contributed by atoms with E-state index in [9.17, 15) is 9.50 Å². The summed E-state index contributed by atoms with van der Waals surface area (Å²) in [5.74, 6) is -0.580. The number of nitrogens with zero attached hydrogens (tertiary/aromatic N) is 2. The van der Waals surface area contributed by atoms with Crippen molar-refractivity contribution in [2.45, 2.75) is 38.7 Å². The Kier molecular flexibility index (Phi) is 8.64. The van der Waals surface area contributed by atoms with Crippen LogP contribution in [0.4, 0.5) is 13.2 Å². The molecule has 0 radical (unpaired) electrons. The number of halogens is 3. The van der Waals surface area contributed by atoms with Crippen molar-refractivity contribution in [3.8, 4) is 5.75 Å². The van der Waals surface area contributed by atoms with Crippen LogP contribution in [-0.4, -0.2) is 28.0 Å². The van der Waals surface area contributed by atoms with Gasteiger partial charge in [0.2, 0.25) is 0 Å². The number of nitrogens with two attached hydrogens (primary N) is 1. The molecule has 0 amide bonds. The summed E-state index contributed by atoms with van der Waals surface area (Å²) in [6.07, 6.45) is 3.25. The summed E-state index contributed by atoms with van der Waals surface area (Å²) in [6.45, 7) is 9.31. The van der Waals surface area contributed by atoms with Gasteiger partial charge in [0.15, 0.2) is 17.0 Å². The van der Waals surface area contributed by atoms with Crippen LogP contribution in [0.2, 0.25) is 0 Å². The summed E-state index contributed by atoms with van der Waals surface area (Å²) in [5, 5.41) is 14.1. The van der Waals surface area contributed by atoms with Gasteiger partial charge in [-0.3, -0.25) is 0 Å². The Labute approximate surface area is 212 Å². The summed E-state index contributed by atoms with van der Waals surface area (Å²) in [6, 6.07) is 8.27. The number of rotatable bonds is 9. The molecule has 1 heterocycles. The van der Waals surface area contributed by atoms with E-state index in [0.717, 1.165) is 12.1 Å². The van der Waals surface area contributed by atoms with Crippen LogP contribution in [0, 0.1) is 24.5 Å². The van der Waals surface area contributed by atoms with E-state index in [2.05, 4.69) is 11.7 Å². The number of amidine groups is 1. The van der Waals surface area contributed by atoms with E-state index in [1.165, 1.54) is 17.1 Å². The van der Waals surface area contributed by atoms with E-state index in [1.807, 2.05) is 23.1 Å². The minimum Gasteiger partial charge on any atom is -0.490 e. The molecule has 3 atom stereocenters. The van der Waals surface area contributed by atoms with Gasteiger partial charge in [-0.2, -0.15) is 5.10 Å². The highest BCUT2D eigenvalue weighted by Gasteiger charge is 2.34. The number of alkyl halides is 1. The molecule has 3 rings (SSSR count). The van der Waals surface area contributed by atoms with E-state index in [4.69, 9.17) is 10.5 Å².